The summed E-state index contributed by atoms with van der Waals surface area (Å²) in [6, 6.07) is 14.5. The van der Waals surface area contributed by atoms with Crippen LogP contribution in [0.1, 0.15) is 11.1 Å². The first-order chi connectivity index (χ1) is 13.7. The number of nitrogens with one attached hydrogen (secondary N) is 2. The smallest absolute Gasteiger partial charge is 0.270 e. The number of hydrogen-bond donors (Lipinski definition) is 2. The molecule has 8 heteroatoms. The second-order valence-corrected chi connectivity index (χ2v) is 6.02. The van der Waals surface area contributed by atoms with Gasteiger partial charge >= 0.3 is 0 Å². The zero-order valence-electron chi connectivity index (χ0n) is 15.0. The Morgan fingerprint density at radius 3 is 2.75 bits per heavy atom. The molecule has 0 radical (unpaired) electrons. The van der Waals surface area contributed by atoms with E-state index in [1.165, 1.54) is 0 Å². The van der Waals surface area contributed by atoms with Gasteiger partial charge in [0.05, 0.1) is 12.8 Å². The number of anilines is 1. The van der Waals surface area contributed by atoms with Gasteiger partial charge in [-0.1, -0.05) is 6.07 Å². The van der Waals surface area contributed by atoms with E-state index in [2.05, 4.69) is 15.3 Å². The van der Waals surface area contributed by atoms with Crippen molar-refractivity contribution in [2.75, 3.05) is 19.2 Å². The molecule has 2 N–H and O–H groups in total. The van der Waals surface area contributed by atoms with E-state index < -0.39 is 5.56 Å². The molecular formula is C20H16N4O4. The van der Waals surface area contributed by atoms with E-state index >= 15 is 0 Å². The summed E-state index contributed by atoms with van der Waals surface area (Å²) in [5.41, 5.74) is 1.34. The highest BCUT2D eigenvalue weighted by molar-refractivity contribution is 5.67. The van der Waals surface area contributed by atoms with E-state index in [9.17, 15) is 10.1 Å². The normalized spacial score (nSPS) is 11.7. The van der Waals surface area contributed by atoms with Crippen molar-refractivity contribution in [3.63, 3.8) is 0 Å². The molecule has 0 saturated heterocycles. The molecule has 8 nitrogen and oxygen atoms in total. The average Bonchev–Trinajstić information content (AvgIpc) is 3.20. The lowest BCUT2D eigenvalue weighted by Gasteiger charge is -2.10. The summed E-state index contributed by atoms with van der Waals surface area (Å²) in [4.78, 5) is 19.4. The van der Waals surface area contributed by atoms with E-state index in [0.29, 0.717) is 35.1 Å². The molecule has 2 heterocycles. The van der Waals surface area contributed by atoms with Gasteiger partial charge in [0.25, 0.3) is 5.56 Å². The van der Waals surface area contributed by atoms with Gasteiger partial charge in [-0.15, -0.1) is 0 Å². The monoisotopic (exact) mass is 376 g/mol. The average molecular weight is 376 g/mol. The van der Waals surface area contributed by atoms with Crippen molar-refractivity contribution in [3.05, 3.63) is 63.9 Å². The van der Waals surface area contributed by atoms with Gasteiger partial charge in [-0.3, -0.25) is 9.78 Å². The number of hydrogen-bond acceptors (Lipinski definition) is 7. The third kappa shape index (κ3) is 3.33. The lowest BCUT2D eigenvalue weighted by atomic mass is 10.1. The highest BCUT2D eigenvalue weighted by atomic mass is 16.7. The van der Waals surface area contributed by atoms with Gasteiger partial charge < -0.3 is 19.5 Å². The Hall–Kier alpha value is -3.99. The Bertz CT molecular complexity index is 1120. The van der Waals surface area contributed by atoms with Crippen LogP contribution >= 0.6 is 0 Å². The number of nitrogens with zero attached hydrogens (tertiary/aromatic N) is 2. The molecule has 140 valence electrons. The van der Waals surface area contributed by atoms with Crippen LogP contribution in [-0.2, 0) is 6.54 Å². The number of nitriles is 1. The SMILES string of the molecule is COc1ccc(-c2nc(NCc3ccc4c(c3)OCO4)[nH]c(=O)c2C#N)cc1. The highest BCUT2D eigenvalue weighted by Gasteiger charge is 2.15. The van der Waals surface area contributed by atoms with Crippen molar-refractivity contribution in [2.45, 2.75) is 6.54 Å². The van der Waals surface area contributed by atoms with Gasteiger partial charge in [-0.05, 0) is 42.0 Å². The summed E-state index contributed by atoms with van der Waals surface area (Å²) < 4.78 is 15.8. The maximum atomic E-state index is 12.3. The van der Waals surface area contributed by atoms with Gasteiger partial charge in [0, 0.05) is 12.1 Å². The Morgan fingerprint density at radius 2 is 2.00 bits per heavy atom. The minimum absolute atomic E-state index is 0.0428. The standard InChI is InChI=1S/C20H16N4O4/c1-26-14-5-3-13(4-6-14)18-15(9-21)19(25)24-20(23-18)22-10-12-2-7-16-17(8-12)28-11-27-16/h2-8H,10-11H2,1H3,(H2,22,23,24,25). The molecule has 4 rings (SSSR count). The first kappa shape index (κ1) is 17.4. The Kier molecular flexibility index (Phi) is 4.56. The van der Waals surface area contributed by atoms with Crippen LogP contribution in [0.4, 0.5) is 5.95 Å². The number of H-pyrrole nitrogens is 1. The fraction of sp³-hybridized carbons (Fsp3) is 0.150. The van der Waals surface area contributed by atoms with Crippen LogP contribution in [0.25, 0.3) is 11.3 Å². The number of rotatable bonds is 5. The molecule has 0 unspecified atom stereocenters. The van der Waals surface area contributed by atoms with Crippen LogP contribution in [0.5, 0.6) is 17.2 Å². The molecule has 1 aromatic heterocycles. The zero-order valence-corrected chi connectivity index (χ0v) is 15.0. The van der Waals surface area contributed by atoms with E-state index in [4.69, 9.17) is 14.2 Å². The molecule has 0 spiro atoms. The quantitative estimate of drug-likeness (QED) is 0.704. The molecule has 0 saturated carbocycles. The maximum absolute atomic E-state index is 12.3. The number of aromatic amines is 1. The molecule has 1 aliphatic rings. The third-order valence-electron chi connectivity index (χ3n) is 4.29. The summed E-state index contributed by atoms with van der Waals surface area (Å²) in [7, 11) is 1.57. The Labute approximate surface area is 160 Å². The fourth-order valence-corrected chi connectivity index (χ4v) is 2.86. The topological polar surface area (TPSA) is 109 Å². The first-order valence-electron chi connectivity index (χ1n) is 8.49. The van der Waals surface area contributed by atoms with Gasteiger partial charge in [-0.2, -0.15) is 5.26 Å². The van der Waals surface area contributed by atoms with Crippen LogP contribution in [0.3, 0.4) is 0 Å². The van der Waals surface area contributed by atoms with Crippen LogP contribution in [-0.4, -0.2) is 23.9 Å². The van der Waals surface area contributed by atoms with Crippen molar-refractivity contribution >= 4 is 5.95 Å². The molecular weight excluding hydrogens is 360 g/mol. The molecule has 28 heavy (non-hydrogen) atoms. The second kappa shape index (κ2) is 7.32. The van der Waals surface area contributed by atoms with Gasteiger partial charge in [0.1, 0.15) is 17.4 Å². The molecule has 0 bridgehead atoms. The number of aromatic nitrogens is 2. The molecule has 2 aromatic carbocycles. The van der Waals surface area contributed by atoms with Crippen molar-refractivity contribution in [2.24, 2.45) is 0 Å². The summed E-state index contributed by atoms with van der Waals surface area (Å²) in [5.74, 6) is 2.33. The Balaban J connectivity index is 1.62. The minimum atomic E-state index is -0.503. The molecule has 0 fully saturated rings. The number of benzene rings is 2. The van der Waals surface area contributed by atoms with Crippen molar-refractivity contribution in [1.82, 2.24) is 9.97 Å². The summed E-state index contributed by atoms with van der Waals surface area (Å²) in [5, 5.41) is 12.4. The number of ether oxygens (including phenoxy) is 3. The van der Waals surface area contributed by atoms with E-state index in [-0.39, 0.29) is 18.3 Å². The summed E-state index contributed by atoms with van der Waals surface area (Å²) in [6.07, 6.45) is 0. The predicted molar refractivity (Wildman–Crippen MR) is 101 cm³/mol. The summed E-state index contributed by atoms with van der Waals surface area (Å²) in [6.45, 7) is 0.621. The Morgan fingerprint density at radius 1 is 1.21 bits per heavy atom. The lowest BCUT2D eigenvalue weighted by Crippen LogP contribution is -2.17. The van der Waals surface area contributed by atoms with Gasteiger partial charge in [0.15, 0.2) is 11.5 Å². The van der Waals surface area contributed by atoms with Gasteiger partial charge in [-0.25, -0.2) is 4.98 Å². The molecule has 0 atom stereocenters. The molecule has 0 amide bonds. The van der Waals surface area contributed by atoms with Gasteiger partial charge in [0.2, 0.25) is 12.7 Å². The third-order valence-corrected chi connectivity index (χ3v) is 4.29. The van der Waals surface area contributed by atoms with Crippen molar-refractivity contribution < 1.29 is 14.2 Å². The van der Waals surface area contributed by atoms with E-state index in [0.717, 1.165) is 5.56 Å². The van der Waals surface area contributed by atoms with Crippen LogP contribution in [0.15, 0.2) is 47.3 Å². The fourth-order valence-electron chi connectivity index (χ4n) is 2.86. The van der Waals surface area contributed by atoms with Crippen molar-refractivity contribution in [1.29, 1.82) is 5.26 Å². The van der Waals surface area contributed by atoms with Crippen molar-refractivity contribution in [3.8, 4) is 34.6 Å². The predicted octanol–water partition coefficient (Wildman–Crippen LogP) is 2.66. The van der Waals surface area contributed by atoms with Crippen LogP contribution in [0, 0.1) is 11.3 Å². The maximum Gasteiger partial charge on any atom is 0.270 e. The second-order valence-electron chi connectivity index (χ2n) is 6.02. The molecule has 1 aliphatic heterocycles. The number of fused-ring (bicyclic) bond motifs is 1. The first-order valence-corrected chi connectivity index (χ1v) is 8.49. The van der Waals surface area contributed by atoms with Crippen LogP contribution < -0.4 is 25.1 Å². The molecule has 0 aliphatic carbocycles. The zero-order chi connectivity index (χ0) is 19.5. The van der Waals surface area contributed by atoms with E-state index in [1.54, 1.807) is 31.4 Å². The lowest BCUT2D eigenvalue weighted by molar-refractivity contribution is 0.174. The number of methoxy groups -OCH3 is 1. The van der Waals surface area contributed by atoms with E-state index in [1.807, 2.05) is 24.3 Å². The minimum Gasteiger partial charge on any atom is -0.497 e. The molecule has 3 aromatic rings. The summed E-state index contributed by atoms with van der Waals surface area (Å²) >= 11 is 0. The largest absolute Gasteiger partial charge is 0.497 e. The highest BCUT2D eigenvalue weighted by Crippen LogP contribution is 2.32. The van der Waals surface area contributed by atoms with Crippen LogP contribution in [0.2, 0.25) is 0 Å².